The standard InChI is InChI=1S/C9H16N4O4/c1-9(2)16-7(5-12-15-3)8(17-9)6(14)4-11-13-10/h5-8,14H,4H2,1-3H3/b12-5-/t6-,7-,8-/m1/s1. The van der Waals surface area contributed by atoms with Gasteiger partial charge in [-0.25, -0.2) is 0 Å². The van der Waals surface area contributed by atoms with Crippen LogP contribution in [-0.4, -0.2) is 49.1 Å². The summed E-state index contributed by atoms with van der Waals surface area (Å²) in [4.78, 5) is 7.13. The summed E-state index contributed by atoms with van der Waals surface area (Å²) in [5, 5.41) is 16.7. The second-order valence-corrected chi connectivity index (χ2v) is 3.98. The normalized spacial score (nSPS) is 28.9. The molecule has 0 unspecified atom stereocenters. The minimum atomic E-state index is -0.957. The van der Waals surface area contributed by atoms with Crippen LogP contribution in [0.5, 0.6) is 0 Å². The molecular formula is C9H16N4O4. The van der Waals surface area contributed by atoms with Gasteiger partial charge in [0.25, 0.3) is 0 Å². The van der Waals surface area contributed by atoms with Gasteiger partial charge in [0.1, 0.15) is 19.3 Å². The van der Waals surface area contributed by atoms with Crippen molar-refractivity contribution in [1.82, 2.24) is 0 Å². The van der Waals surface area contributed by atoms with Crippen LogP contribution < -0.4 is 0 Å². The first-order valence-corrected chi connectivity index (χ1v) is 5.11. The lowest BCUT2D eigenvalue weighted by atomic mass is 10.1. The van der Waals surface area contributed by atoms with Gasteiger partial charge in [-0.15, -0.1) is 0 Å². The van der Waals surface area contributed by atoms with Gasteiger partial charge < -0.3 is 19.4 Å². The molecule has 1 saturated heterocycles. The molecule has 0 aromatic heterocycles. The van der Waals surface area contributed by atoms with Crippen molar-refractivity contribution < 1.29 is 19.4 Å². The zero-order valence-corrected chi connectivity index (χ0v) is 9.98. The lowest BCUT2D eigenvalue weighted by Gasteiger charge is -2.19. The second-order valence-electron chi connectivity index (χ2n) is 3.98. The third-order valence-electron chi connectivity index (χ3n) is 2.19. The van der Waals surface area contributed by atoms with Crippen LogP contribution in [0.25, 0.3) is 10.4 Å². The predicted octanol–water partition coefficient (Wildman–Crippen LogP) is 0.810. The lowest BCUT2D eigenvalue weighted by molar-refractivity contribution is -0.151. The molecule has 0 saturated carbocycles. The second kappa shape index (κ2) is 5.83. The zero-order chi connectivity index (χ0) is 12.9. The average Bonchev–Trinajstić information content (AvgIpc) is 2.58. The summed E-state index contributed by atoms with van der Waals surface area (Å²) in [5.74, 6) is -0.827. The number of rotatable bonds is 5. The number of hydrogen-bond acceptors (Lipinski definition) is 6. The number of oxime groups is 1. The Hall–Kier alpha value is -1.34. The summed E-state index contributed by atoms with van der Waals surface area (Å²) in [6, 6.07) is 0. The van der Waals surface area contributed by atoms with E-state index in [-0.39, 0.29) is 6.54 Å². The van der Waals surface area contributed by atoms with Crippen LogP contribution in [0.15, 0.2) is 10.3 Å². The fraction of sp³-hybridized carbons (Fsp3) is 0.889. The number of ether oxygens (including phenoxy) is 2. The molecule has 17 heavy (non-hydrogen) atoms. The minimum Gasteiger partial charge on any atom is -0.399 e. The van der Waals surface area contributed by atoms with Gasteiger partial charge in [-0.3, -0.25) is 0 Å². The Morgan fingerprint density at radius 3 is 2.88 bits per heavy atom. The van der Waals surface area contributed by atoms with E-state index in [1.165, 1.54) is 13.3 Å². The number of hydrogen-bond donors (Lipinski definition) is 1. The highest BCUT2D eigenvalue weighted by atomic mass is 16.8. The van der Waals surface area contributed by atoms with Crippen LogP contribution in [0, 0.1) is 0 Å². The molecule has 0 bridgehead atoms. The molecule has 0 radical (unpaired) electrons. The molecule has 0 aliphatic carbocycles. The van der Waals surface area contributed by atoms with Gasteiger partial charge in [0.15, 0.2) is 5.79 Å². The molecular weight excluding hydrogens is 228 g/mol. The molecule has 1 rings (SSSR count). The monoisotopic (exact) mass is 244 g/mol. The Balaban J connectivity index is 2.72. The summed E-state index contributed by atoms with van der Waals surface area (Å²) in [6.45, 7) is 3.36. The van der Waals surface area contributed by atoms with Crippen LogP contribution in [0.2, 0.25) is 0 Å². The fourth-order valence-corrected chi connectivity index (χ4v) is 1.57. The number of aliphatic hydroxyl groups excluding tert-OH is 1. The average molecular weight is 244 g/mol. The van der Waals surface area contributed by atoms with Gasteiger partial charge in [-0.1, -0.05) is 10.3 Å². The summed E-state index contributed by atoms with van der Waals surface area (Å²) in [5.41, 5.74) is 8.20. The van der Waals surface area contributed by atoms with Gasteiger partial charge in [0.05, 0.1) is 18.9 Å². The van der Waals surface area contributed by atoms with Gasteiger partial charge in [0.2, 0.25) is 0 Å². The van der Waals surface area contributed by atoms with Crippen molar-refractivity contribution in [3.8, 4) is 0 Å². The molecule has 1 fully saturated rings. The maximum Gasteiger partial charge on any atom is 0.164 e. The Morgan fingerprint density at radius 1 is 1.59 bits per heavy atom. The molecule has 8 heteroatoms. The Kier molecular flexibility index (Phi) is 4.71. The van der Waals surface area contributed by atoms with Crippen LogP contribution in [0.1, 0.15) is 13.8 Å². The van der Waals surface area contributed by atoms with Crippen molar-refractivity contribution in [2.24, 2.45) is 10.3 Å². The van der Waals surface area contributed by atoms with Gasteiger partial charge in [-0.05, 0) is 19.4 Å². The first-order valence-electron chi connectivity index (χ1n) is 5.11. The van der Waals surface area contributed by atoms with E-state index in [4.69, 9.17) is 15.0 Å². The molecule has 96 valence electrons. The van der Waals surface area contributed by atoms with E-state index in [0.29, 0.717) is 0 Å². The Labute approximate surface area is 98.8 Å². The third kappa shape index (κ3) is 3.86. The molecule has 0 spiro atoms. The smallest absolute Gasteiger partial charge is 0.164 e. The van der Waals surface area contributed by atoms with Crippen molar-refractivity contribution in [2.45, 2.75) is 37.9 Å². The van der Waals surface area contributed by atoms with Crippen molar-refractivity contribution in [3.05, 3.63) is 10.4 Å². The van der Waals surface area contributed by atoms with Crippen LogP contribution in [0.3, 0.4) is 0 Å². The molecule has 0 aromatic carbocycles. The van der Waals surface area contributed by atoms with Crippen molar-refractivity contribution in [1.29, 1.82) is 0 Å². The van der Waals surface area contributed by atoms with Crippen LogP contribution >= 0.6 is 0 Å². The highest BCUT2D eigenvalue weighted by Gasteiger charge is 2.43. The lowest BCUT2D eigenvalue weighted by Crippen LogP contribution is -2.38. The molecule has 0 amide bonds. The highest BCUT2D eigenvalue weighted by molar-refractivity contribution is 5.64. The quantitative estimate of drug-likeness (QED) is 0.253. The molecule has 1 heterocycles. The molecule has 8 nitrogen and oxygen atoms in total. The summed E-state index contributed by atoms with van der Waals surface area (Å²) in [7, 11) is 1.41. The first kappa shape index (κ1) is 13.7. The van der Waals surface area contributed by atoms with Crippen molar-refractivity contribution in [2.75, 3.05) is 13.7 Å². The molecule has 1 aliphatic rings. The van der Waals surface area contributed by atoms with Gasteiger partial charge in [0, 0.05) is 4.91 Å². The van der Waals surface area contributed by atoms with Crippen LogP contribution in [0.4, 0.5) is 0 Å². The van der Waals surface area contributed by atoms with Gasteiger partial charge >= 0.3 is 0 Å². The first-order chi connectivity index (χ1) is 8.00. The molecule has 3 atom stereocenters. The topological polar surface area (TPSA) is 109 Å². The molecule has 0 aromatic rings. The SMILES string of the molecule is CO/N=C\[C@H]1OC(C)(C)O[C@@H]1[C@H](O)CN=[N+]=[N-]. The van der Waals surface area contributed by atoms with E-state index in [2.05, 4.69) is 20.0 Å². The summed E-state index contributed by atoms with van der Waals surface area (Å²) < 4.78 is 11.0. The van der Waals surface area contributed by atoms with Crippen LogP contribution in [-0.2, 0) is 14.3 Å². The fourth-order valence-electron chi connectivity index (χ4n) is 1.57. The Morgan fingerprint density at radius 2 is 2.29 bits per heavy atom. The third-order valence-corrected chi connectivity index (χ3v) is 2.19. The van der Waals surface area contributed by atoms with Crippen molar-refractivity contribution >= 4 is 6.21 Å². The number of azide groups is 1. The van der Waals surface area contributed by atoms with E-state index in [1.807, 2.05) is 0 Å². The van der Waals surface area contributed by atoms with E-state index in [0.717, 1.165) is 0 Å². The minimum absolute atomic E-state index is 0.0854. The number of aliphatic hydroxyl groups is 1. The molecule has 1 N–H and O–H groups in total. The maximum absolute atomic E-state index is 9.81. The maximum atomic E-state index is 9.81. The predicted molar refractivity (Wildman–Crippen MR) is 59.3 cm³/mol. The van der Waals surface area contributed by atoms with E-state index < -0.39 is 24.1 Å². The summed E-state index contributed by atoms with van der Waals surface area (Å²) >= 11 is 0. The van der Waals surface area contributed by atoms with E-state index in [9.17, 15) is 5.11 Å². The Bertz CT molecular complexity index is 327. The van der Waals surface area contributed by atoms with E-state index in [1.54, 1.807) is 13.8 Å². The summed E-state index contributed by atoms with van der Waals surface area (Å²) in [6.07, 6.45) is -0.747. The van der Waals surface area contributed by atoms with Gasteiger partial charge in [-0.2, -0.15) is 0 Å². The van der Waals surface area contributed by atoms with E-state index >= 15 is 0 Å². The highest BCUT2D eigenvalue weighted by Crippen LogP contribution is 2.29. The van der Waals surface area contributed by atoms with Crippen molar-refractivity contribution in [3.63, 3.8) is 0 Å². The number of nitrogens with zero attached hydrogens (tertiary/aromatic N) is 4. The molecule has 1 aliphatic heterocycles. The largest absolute Gasteiger partial charge is 0.399 e. The zero-order valence-electron chi connectivity index (χ0n) is 9.98.